The molecule has 2 aromatic rings. The highest BCUT2D eigenvalue weighted by Gasteiger charge is 2.42. The highest BCUT2D eigenvalue weighted by atomic mass is 35.5. The van der Waals surface area contributed by atoms with E-state index in [1.54, 1.807) is 12.1 Å². The maximum atomic E-state index is 10.5. The summed E-state index contributed by atoms with van der Waals surface area (Å²) in [5.41, 5.74) is 2.17. The zero-order valence-corrected chi connectivity index (χ0v) is 17.0. The zero-order valence-electron chi connectivity index (χ0n) is 15.4. The molecule has 0 saturated carbocycles. The minimum absolute atomic E-state index is 0.0666. The second-order valence-corrected chi connectivity index (χ2v) is 8.72. The molecule has 1 N–H and O–H groups in total. The summed E-state index contributed by atoms with van der Waals surface area (Å²) >= 11 is 5.81. The second-order valence-electron chi connectivity index (χ2n) is 6.91. The third-order valence-electron chi connectivity index (χ3n) is 5.12. The maximum Gasteiger partial charge on any atom is 0.294 e. The van der Waals surface area contributed by atoms with E-state index in [9.17, 15) is 8.42 Å². The summed E-state index contributed by atoms with van der Waals surface area (Å²) in [4.78, 5) is 9.14. The molecule has 6 nitrogen and oxygen atoms in total. The lowest BCUT2D eigenvalue weighted by Gasteiger charge is -2.34. The highest BCUT2D eigenvalue weighted by molar-refractivity contribution is 7.85. The molecule has 2 aliphatic heterocycles. The minimum Gasteiger partial charge on any atom is -0.364 e. The number of fused-ring (bicyclic) bond motifs is 2. The number of nitrogens with zero attached hydrogens (tertiary/aromatic N) is 3. The molecule has 8 heteroatoms. The monoisotopic (exact) mass is 409 g/mol. The Morgan fingerprint density at radius 3 is 2.33 bits per heavy atom. The van der Waals surface area contributed by atoms with Crippen molar-refractivity contribution in [1.29, 1.82) is 0 Å². The molecule has 1 aromatic heterocycles. The van der Waals surface area contributed by atoms with E-state index in [2.05, 4.69) is 27.8 Å². The average Bonchev–Trinajstić information content (AvgIpc) is 3.23. The summed E-state index contributed by atoms with van der Waals surface area (Å²) in [6.07, 6.45) is 3.19. The zero-order chi connectivity index (χ0) is 19.6. The summed E-state index contributed by atoms with van der Waals surface area (Å²) in [7, 11) is -4.02. The van der Waals surface area contributed by atoms with E-state index in [0.29, 0.717) is 11.2 Å². The molecular weight excluding hydrogens is 386 g/mol. The largest absolute Gasteiger partial charge is 0.364 e. The van der Waals surface area contributed by atoms with Crippen molar-refractivity contribution in [2.24, 2.45) is 0 Å². The molecule has 0 aliphatic carbocycles. The molecule has 3 heterocycles. The number of benzene rings is 1. The Hall–Kier alpha value is -1.67. The molecule has 2 bridgehead atoms. The van der Waals surface area contributed by atoms with E-state index in [1.807, 2.05) is 19.2 Å². The van der Waals surface area contributed by atoms with E-state index < -0.39 is 10.1 Å². The van der Waals surface area contributed by atoms with E-state index in [4.69, 9.17) is 16.2 Å². The van der Waals surface area contributed by atoms with Crippen LogP contribution < -0.4 is 4.90 Å². The van der Waals surface area contributed by atoms with Crippen LogP contribution in [0.1, 0.15) is 18.9 Å². The molecule has 1 aromatic carbocycles. The summed E-state index contributed by atoms with van der Waals surface area (Å²) in [6, 6.07) is 11.4. The fourth-order valence-corrected chi connectivity index (χ4v) is 4.29. The van der Waals surface area contributed by atoms with Gasteiger partial charge in [0.25, 0.3) is 10.1 Å². The smallest absolute Gasteiger partial charge is 0.294 e. The van der Waals surface area contributed by atoms with Crippen molar-refractivity contribution in [3.8, 4) is 0 Å². The first-order valence-corrected chi connectivity index (χ1v) is 10.8. The Morgan fingerprint density at radius 1 is 1.15 bits per heavy atom. The van der Waals surface area contributed by atoms with Crippen LogP contribution in [0.2, 0.25) is 5.15 Å². The maximum absolute atomic E-state index is 10.5. The van der Waals surface area contributed by atoms with Crippen molar-refractivity contribution in [2.75, 3.05) is 24.5 Å². The van der Waals surface area contributed by atoms with Crippen LogP contribution in [-0.4, -0.2) is 54.6 Å². The van der Waals surface area contributed by atoms with Crippen LogP contribution >= 0.6 is 11.6 Å². The van der Waals surface area contributed by atoms with Crippen molar-refractivity contribution in [1.82, 2.24) is 9.88 Å². The number of anilines is 1. The van der Waals surface area contributed by atoms with Crippen molar-refractivity contribution in [3.05, 3.63) is 53.3 Å². The average molecular weight is 410 g/mol. The van der Waals surface area contributed by atoms with Gasteiger partial charge in [-0.3, -0.25) is 9.45 Å². The Bertz CT molecular complexity index is 872. The molecule has 146 valence electrons. The number of likely N-dealkylation sites (N-methyl/N-ethyl adjacent to an activating group) is 1. The number of aromatic nitrogens is 1. The van der Waals surface area contributed by atoms with Gasteiger partial charge in [0.05, 0.1) is 16.8 Å². The van der Waals surface area contributed by atoms with Gasteiger partial charge in [-0.2, -0.15) is 8.42 Å². The van der Waals surface area contributed by atoms with Gasteiger partial charge in [0.15, 0.2) is 0 Å². The Morgan fingerprint density at radius 2 is 1.85 bits per heavy atom. The number of hydrogen-bond acceptors (Lipinski definition) is 5. The van der Waals surface area contributed by atoms with Crippen LogP contribution in [0, 0.1) is 6.92 Å². The molecule has 0 radical (unpaired) electrons. The number of pyridine rings is 1. The number of likely N-dealkylation sites (tertiary alicyclic amines) is 1. The molecule has 2 atom stereocenters. The van der Waals surface area contributed by atoms with Gasteiger partial charge in [0, 0.05) is 25.2 Å². The van der Waals surface area contributed by atoms with Crippen LogP contribution in [-0.2, 0) is 10.1 Å². The first kappa shape index (κ1) is 20.1. The molecule has 2 saturated heterocycles. The second kappa shape index (κ2) is 8.14. The number of piperazine rings is 1. The van der Waals surface area contributed by atoms with Gasteiger partial charge >= 0.3 is 0 Å². The van der Waals surface area contributed by atoms with E-state index >= 15 is 0 Å². The van der Waals surface area contributed by atoms with Crippen molar-refractivity contribution >= 4 is 27.4 Å². The minimum atomic E-state index is -4.02. The van der Waals surface area contributed by atoms with Crippen LogP contribution in [0.3, 0.4) is 0 Å². The van der Waals surface area contributed by atoms with Crippen molar-refractivity contribution in [2.45, 2.75) is 37.2 Å². The first-order chi connectivity index (χ1) is 12.8. The SMILES string of the molecule is CCN1C[C@@H]2C[C@H]1CN2c1ccc(Cl)nc1.Cc1ccc(S(=O)(=O)O)cc1. The molecule has 2 aliphatic rings. The Labute approximate surface area is 165 Å². The topological polar surface area (TPSA) is 73.7 Å². The predicted octanol–water partition coefficient (Wildman–Crippen LogP) is 3.26. The summed E-state index contributed by atoms with van der Waals surface area (Å²) in [6.45, 7) is 7.60. The van der Waals surface area contributed by atoms with Crippen molar-refractivity contribution < 1.29 is 13.0 Å². The molecular formula is C19H24ClN3O3S. The highest BCUT2D eigenvalue weighted by Crippen LogP contribution is 2.34. The van der Waals surface area contributed by atoms with Gasteiger partial charge in [-0.05, 0) is 44.2 Å². The van der Waals surface area contributed by atoms with Crippen LogP contribution in [0.25, 0.3) is 0 Å². The quantitative estimate of drug-likeness (QED) is 0.619. The van der Waals surface area contributed by atoms with Gasteiger partial charge in [-0.25, -0.2) is 4.98 Å². The third kappa shape index (κ3) is 4.79. The van der Waals surface area contributed by atoms with Gasteiger partial charge in [-0.1, -0.05) is 36.2 Å². The van der Waals surface area contributed by atoms with Gasteiger partial charge in [-0.15, -0.1) is 0 Å². The molecule has 0 amide bonds. The summed E-state index contributed by atoms with van der Waals surface area (Å²) < 4.78 is 29.6. The summed E-state index contributed by atoms with van der Waals surface area (Å²) in [5.74, 6) is 0. The van der Waals surface area contributed by atoms with Crippen LogP contribution in [0.15, 0.2) is 47.5 Å². The number of aryl methyl sites for hydroxylation is 1. The van der Waals surface area contributed by atoms with E-state index in [1.165, 1.54) is 37.3 Å². The van der Waals surface area contributed by atoms with Crippen LogP contribution in [0.4, 0.5) is 5.69 Å². The van der Waals surface area contributed by atoms with Gasteiger partial charge < -0.3 is 4.90 Å². The lowest BCUT2D eigenvalue weighted by Crippen LogP contribution is -2.46. The van der Waals surface area contributed by atoms with E-state index in [0.717, 1.165) is 18.2 Å². The predicted molar refractivity (Wildman–Crippen MR) is 107 cm³/mol. The van der Waals surface area contributed by atoms with Gasteiger partial charge in [0.2, 0.25) is 0 Å². The van der Waals surface area contributed by atoms with Crippen molar-refractivity contribution in [3.63, 3.8) is 0 Å². The third-order valence-corrected chi connectivity index (χ3v) is 6.21. The molecule has 2 fully saturated rings. The standard InChI is InChI=1S/C12H16ClN3.C7H8O3S/c1-2-15-7-11-5-10(15)8-16(11)9-3-4-12(13)14-6-9;1-6-2-4-7(5-3-6)11(8,9)10/h3-4,6,10-11H,2,5,7-8H2,1H3;2-5H,1H3,(H,8,9,10)/t10-,11-;/m0./s1. The van der Waals surface area contributed by atoms with E-state index in [-0.39, 0.29) is 4.90 Å². The van der Waals surface area contributed by atoms with Crippen LogP contribution in [0.5, 0.6) is 0 Å². The molecule has 0 unspecified atom stereocenters. The fraction of sp³-hybridized carbons (Fsp3) is 0.421. The number of rotatable bonds is 3. The molecule has 4 rings (SSSR count). The Balaban J connectivity index is 0.000000168. The lowest BCUT2D eigenvalue weighted by atomic mass is 10.2. The Kier molecular flexibility index (Phi) is 6.05. The molecule has 27 heavy (non-hydrogen) atoms. The fourth-order valence-electron chi connectivity index (χ4n) is 3.70. The normalized spacial score (nSPS) is 21.9. The summed E-state index contributed by atoms with van der Waals surface area (Å²) in [5, 5.41) is 0.572. The lowest BCUT2D eigenvalue weighted by molar-refractivity contribution is 0.251. The number of hydrogen-bond donors (Lipinski definition) is 1. The van der Waals surface area contributed by atoms with Gasteiger partial charge in [0.1, 0.15) is 5.15 Å². The molecule has 0 spiro atoms. The number of halogens is 1. The first-order valence-electron chi connectivity index (χ1n) is 8.94.